The third kappa shape index (κ3) is 3.79. The molecule has 22 heavy (non-hydrogen) atoms. The number of rotatable bonds is 5. The van der Waals surface area contributed by atoms with Gasteiger partial charge in [-0.1, -0.05) is 42.1 Å². The van der Waals surface area contributed by atoms with Crippen LogP contribution in [0.4, 0.5) is 0 Å². The van der Waals surface area contributed by atoms with E-state index >= 15 is 0 Å². The van der Waals surface area contributed by atoms with E-state index in [2.05, 4.69) is 19.9 Å². The Hall–Kier alpha value is -2.47. The predicted molar refractivity (Wildman–Crippen MR) is 85.7 cm³/mol. The zero-order valence-corrected chi connectivity index (χ0v) is 12.6. The van der Waals surface area contributed by atoms with Gasteiger partial charge >= 0.3 is 0 Å². The van der Waals surface area contributed by atoms with Gasteiger partial charge in [0.2, 0.25) is 0 Å². The zero-order valence-electron chi connectivity index (χ0n) is 11.8. The number of benzene rings is 1. The summed E-state index contributed by atoms with van der Waals surface area (Å²) in [5.41, 5.74) is 2.40. The van der Waals surface area contributed by atoms with Crippen molar-refractivity contribution in [3.63, 3.8) is 0 Å². The smallest absolute Gasteiger partial charge is 0.255 e. The molecule has 0 saturated heterocycles. The molecule has 3 rings (SSSR count). The molecule has 1 aromatic carbocycles. The van der Waals surface area contributed by atoms with Crippen LogP contribution in [0.15, 0.2) is 65.1 Å². The molecular formula is C16H14N4OS. The summed E-state index contributed by atoms with van der Waals surface area (Å²) in [5.74, 6) is 0.771. The van der Waals surface area contributed by atoms with Crippen molar-refractivity contribution in [1.82, 2.24) is 19.9 Å². The summed E-state index contributed by atoms with van der Waals surface area (Å²) in [7, 11) is 0. The summed E-state index contributed by atoms with van der Waals surface area (Å²) in [5, 5.41) is 0.622. The Morgan fingerprint density at radius 2 is 1.91 bits per heavy atom. The van der Waals surface area contributed by atoms with Crippen molar-refractivity contribution in [1.29, 1.82) is 0 Å². The fraction of sp³-hybridized carbons (Fsp3) is 0.125. The van der Waals surface area contributed by atoms with Gasteiger partial charge in [0.25, 0.3) is 5.56 Å². The minimum atomic E-state index is -0.129. The largest absolute Gasteiger partial charge is 0.301 e. The molecule has 110 valence electrons. The van der Waals surface area contributed by atoms with E-state index in [1.807, 2.05) is 30.3 Å². The molecule has 6 heteroatoms. The highest BCUT2D eigenvalue weighted by molar-refractivity contribution is 7.98. The van der Waals surface area contributed by atoms with E-state index in [-0.39, 0.29) is 5.56 Å². The number of thioether (sulfide) groups is 1. The van der Waals surface area contributed by atoms with Crippen molar-refractivity contribution >= 4 is 11.8 Å². The maximum Gasteiger partial charge on any atom is 0.255 e. The topological polar surface area (TPSA) is 71.5 Å². The second kappa shape index (κ2) is 7.00. The molecular weight excluding hydrogens is 296 g/mol. The minimum Gasteiger partial charge on any atom is -0.301 e. The number of hydrogen-bond acceptors (Lipinski definition) is 5. The van der Waals surface area contributed by atoms with Crippen LogP contribution in [0.1, 0.15) is 16.8 Å². The van der Waals surface area contributed by atoms with Gasteiger partial charge in [-0.2, -0.15) is 0 Å². The van der Waals surface area contributed by atoms with Gasteiger partial charge in [-0.15, -0.1) is 0 Å². The van der Waals surface area contributed by atoms with E-state index in [9.17, 15) is 4.79 Å². The summed E-state index contributed by atoms with van der Waals surface area (Å²) in [6, 6.07) is 10.1. The lowest BCUT2D eigenvalue weighted by Gasteiger charge is -2.03. The summed E-state index contributed by atoms with van der Waals surface area (Å²) >= 11 is 1.51. The van der Waals surface area contributed by atoms with Crippen LogP contribution >= 0.6 is 11.8 Å². The average Bonchev–Trinajstić information content (AvgIpc) is 2.57. The lowest BCUT2D eigenvalue weighted by atomic mass is 10.2. The molecule has 0 saturated carbocycles. The lowest BCUT2D eigenvalue weighted by Crippen LogP contribution is -2.15. The van der Waals surface area contributed by atoms with Crippen molar-refractivity contribution in [2.75, 3.05) is 0 Å². The predicted octanol–water partition coefficient (Wildman–Crippen LogP) is 2.44. The van der Waals surface area contributed by atoms with Crippen LogP contribution in [0.25, 0.3) is 0 Å². The van der Waals surface area contributed by atoms with Gasteiger partial charge in [0, 0.05) is 42.5 Å². The maximum atomic E-state index is 12.1. The van der Waals surface area contributed by atoms with Crippen LogP contribution in [0.2, 0.25) is 0 Å². The van der Waals surface area contributed by atoms with Crippen molar-refractivity contribution < 1.29 is 0 Å². The van der Waals surface area contributed by atoms with Gasteiger partial charge in [0.1, 0.15) is 0 Å². The van der Waals surface area contributed by atoms with Gasteiger partial charge < -0.3 is 4.98 Å². The zero-order chi connectivity index (χ0) is 15.2. The minimum absolute atomic E-state index is 0.129. The van der Waals surface area contributed by atoms with Crippen molar-refractivity contribution in [3.8, 4) is 0 Å². The molecule has 0 atom stereocenters. The van der Waals surface area contributed by atoms with Crippen LogP contribution in [-0.2, 0) is 12.2 Å². The summed E-state index contributed by atoms with van der Waals surface area (Å²) in [4.78, 5) is 27.4. The first kappa shape index (κ1) is 14.5. The van der Waals surface area contributed by atoms with Gasteiger partial charge in [-0.25, -0.2) is 4.98 Å². The lowest BCUT2D eigenvalue weighted by molar-refractivity contribution is 0.888. The number of H-pyrrole nitrogens is 1. The molecule has 2 aromatic heterocycles. The van der Waals surface area contributed by atoms with E-state index in [4.69, 9.17) is 0 Å². The monoisotopic (exact) mass is 310 g/mol. The van der Waals surface area contributed by atoms with E-state index < -0.39 is 0 Å². The molecule has 2 heterocycles. The highest BCUT2D eigenvalue weighted by Crippen LogP contribution is 2.17. The van der Waals surface area contributed by atoms with Crippen LogP contribution in [0.5, 0.6) is 0 Å². The van der Waals surface area contributed by atoms with Crippen LogP contribution in [0.3, 0.4) is 0 Å². The Kier molecular flexibility index (Phi) is 4.60. The normalized spacial score (nSPS) is 10.5. The van der Waals surface area contributed by atoms with E-state index in [0.717, 1.165) is 11.4 Å². The number of aromatic amines is 1. The molecule has 0 amide bonds. The first-order valence-electron chi connectivity index (χ1n) is 6.81. The Bertz CT molecular complexity index is 790. The number of nitrogens with zero attached hydrogens (tertiary/aromatic N) is 3. The molecule has 0 bridgehead atoms. The molecule has 0 aliphatic rings. The van der Waals surface area contributed by atoms with E-state index in [1.165, 1.54) is 17.3 Å². The number of aromatic nitrogens is 4. The highest BCUT2D eigenvalue weighted by Gasteiger charge is 2.05. The average molecular weight is 310 g/mol. The Morgan fingerprint density at radius 3 is 2.64 bits per heavy atom. The Balaban J connectivity index is 1.68. The molecule has 0 spiro atoms. The quantitative estimate of drug-likeness (QED) is 0.579. The summed E-state index contributed by atoms with van der Waals surface area (Å²) in [6.45, 7) is 0. The fourth-order valence-corrected chi connectivity index (χ4v) is 2.73. The summed E-state index contributed by atoms with van der Waals surface area (Å²) < 4.78 is 0. The van der Waals surface area contributed by atoms with Gasteiger partial charge in [0.05, 0.1) is 5.69 Å². The first-order chi connectivity index (χ1) is 10.8. The Labute approximate surface area is 131 Å². The van der Waals surface area contributed by atoms with Crippen molar-refractivity contribution in [2.45, 2.75) is 17.3 Å². The van der Waals surface area contributed by atoms with Crippen LogP contribution in [0, 0.1) is 0 Å². The first-order valence-corrected chi connectivity index (χ1v) is 7.79. The number of hydrogen-bond donors (Lipinski definition) is 1. The highest BCUT2D eigenvalue weighted by atomic mass is 32.2. The third-order valence-corrected chi connectivity index (χ3v) is 4.01. The molecule has 5 nitrogen and oxygen atoms in total. The van der Waals surface area contributed by atoms with E-state index in [1.54, 1.807) is 24.8 Å². The molecule has 0 aliphatic carbocycles. The SMILES string of the molecule is O=c1[nH]c(SCc2ccccc2)ncc1Cc1cnccn1. The third-order valence-electron chi connectivity index (χ3n) is 3.06. The maximum absolute atomic E-state index is 12.1. The summed E-state index contributed by atoms with van der Waals surface area (Å²) in [6.07, 6.45) is 6.91. The molecule has 0 fully saturated rings. The molecule has 0 unspecified atom stereocenters. The second-order valence-electron chi connectivity index (χ2n) is 4.69. The standard InChI is InChI=1S/C16H14N4OS/c21-15-13(8-14-10-17-6-7-18-14)9-19-16(20-15)22-11-12-4-2-1-3-5-12/h1-7,9-10H,8,11H2,(H,19,20,21). The van der Waals surface area contributed by atoms with Crippen LogP contribution < -0.4 is 5.56 Å². The van der Waals surface area contributed by atoms with E-state index in [0.29, 0.717) is 17.1 Å². The molecule has 3 aromatic rings. The van der Waals surface area contributed by atoms with Crippen LogP contribution in [-0.4, -0.2) is 19.9 Å². The fourth-order valence-electron chi connectivity index (χ4n) is 1.95. The molecule has 1 N–H and O–H groups in total. The van der Waals surface area contributed by atoms with Crippen molar-refractivity contribution in [2.24, 2.45) is 0 Å². The van der Waals surface area contributed by atoms with Gasteiger partial charge in [-0.3, -0.25) is 14.8 Å². The van der Waals surface area contributed by atoms with Gasteiger partial charge in [-0.05, 0) is 5.56 Å². The molecule has 0 aliphatic heterocycles. The second-order valence-corrected chi connectivity index (χ2v) is 5.65. The van der Waals surface area contributed by atoms with Crippen molar-refractivity contribution in [3.05, 3.63) is 82.3 Å². The van der Waals surface area contributed by atoms with Gasteiger partial charge in [0.15, 0.2) is 5.16 Å². The Morgan fingerprint density at radius 1 is 1.05 bits per heavy atom. The molecule has 0 radical (unpaired) electrons. The number of nitrogens with one attached hydrogen (secondary N) is 1.